The molecule has 0 aromatic heterocycles. The molecular weight excluding hydrogens is 314 g/mol. The van der Waals surface area contributed by atoms with E-state index in [0.717, 1.165) is 25.1 Å². The first-order valence-electron chi connectivity index (χ1n) is 8.68. The van der Waals surface area contributed by atoms with Crippen molar-refractivity contribution < 1.29 is 9.59 Å². The predicted octanol–water partition coefficient (Wildman–Crippen LogP) is 2.83. The third kappa shape index (κ3) is 4.18. The zero-order valence-corrected chi connectivity index (χ0v) is 14.4. The van der Waals surface area contributed by atoms with E-state index in [9.17, 15) is 9.59 Å². The second-order valence-corrected chi connectivity index (χ2v) is 6.18. The first-order chi connectivity index (χ1) is 12.2. The Morgan fingerprint density at radius 2 is 1.84 bits per heavy atom. The highest BCUT2D eigenvalue weighted by atomic mass is 16.2. The van der Waals surface area contributed by atoms with Gasteiger partial charge in [-0.25, -0.2) is 0 Å². The molecule has 1 aliphatic heterocycles. The van der Waals surface area contributed by atoms with Crippen molar-refractivity contribution in [2.45, 2.75) is 19.8 Å². The Bertz CT molecular complexity index is 756. The van der Waals surface area contributed by atoms with Crippen LogP contribution in [0.1, 0.15) is 29.3 Å². The molecule has 0 saturated carbocycles. The van der Waals surface area contributed by atoms with Gasteiger partial charge >= 0.3 is 0 Å². The fourth-order valence-electron chi connectivity index (χ4n) is 2.99. The molecule has 2 amide bonds. The topological polar surface area (TPSA) is 61.4 Å². The molecule has 0 spiro atoms. The van der Waals surface area contributed by atoms with Crippen molar-refractivity contribution in [3.05, 3.63) is 59.7 Å². The van der Waals surface area contributed by atoms with Crippen LogP contribution in [0.2, 0.25) is 0 Å². The SMILES string of the molecule is CCCNC(=O)c1ccc(NC(=O)CN2CCc3ccccc32)cc1. The van der Waals surface area contributed by atoms with Gasteiger partial charge in [0.15, 0.2) is 0 Å². The smallest absolute Gasteiger partial charge is 0.251 e. The van der Waals surface area contributed by atoms with Crippen molar-refractivity contribution in [3.8, 4) is 0 Å². The zero-order chi connectivity index (χ0) is 17.6. The number of para-hydroxylation sites is 1. The zero-order valence-electron chi connectivity index (χ0n) is 14.4. The van der Waals surface area contributed by atoms with Gasteiger partial charge in [-0.05, 0) is 48.7 Å². The number of carbonyl (C=O) groups is 2. The van der Waals surface area contributed by atoms with E-state index in [1.165, 1.54) is 5.56 Å². The van der Waals surface area contributed by atoms with E-state index in [2.05, 4.69) is 27.7 Å². The van der Waals surface area contributed by atoms with Gasteiger partial charge in [0, 0.05) is 30.0 Å². The van der Waals surface area contributed by atoms with Crippen molar-refractivity contribution in [1.82, 2.24) is 5.32 Å². The summed E-state index contributed by atoms with van der Waals surface area (Å²) in [5.41, 5.74) is 3.72. The number of hydrogen-bond acceptors (Lipinski definition) is 3. The van der Waals surface area contributed by atoms with Gasteiger partial charge < -0.3 is 15.5 Å². The molecule has 130 valence electrons. The van der Waals surface area contributed by atoms with E-state index in [4.69, 9.17) is 0 Å². The average Bonchev–Trinajstić information content (AvgIpc) is 3.03. The minimum atomic E-state index is -0.0894. The summed E-state index contributed by atoms with van der Waals surface area (Å²) in [5, 5.41) is 5.73. The highest BCUT2D eigenvalue weighted by Gasteiger charge is 2.20. The molecule has 0 saturated heterocycles. The van der Waals surface area contributed by atoms with E-state index >= 15 is 0 Å². The predicted molar refractivity (Wildman–Crippen MR) is 100 cm³/mol. The lowest BCUT2D eigenvalue weighted by Gasteiger charge is -2.18. The normalized spacial score (nSPS) is 12.6. The number of carbonyl (C=O) groups excluding carboxylic acids is 2. The Hall–Kier alpha value is -2.82. The average molecular weight is 337 g/mol. The summed E-state index contributed by atoms with van der Waals surface area (Å²) >= 11 is 0. The van der Waals surface area contributed by atoms with Crippen molar-refractivity contribution in [1.29, 1.82) is 0 Å². The minimum Gasteiger partial charge on any atom is -0.362 e. The molecule has 5 heteroatoms. The van der Waals surface area contributed by atoms with E-state index in [0.29, 0.717) is 24.3 Å². The number of rotatable bonds is 6. The van der Waals surface area contributed by atoms with Crippen LogP contribution < -0.4 is 15.5 Å². The summed E-state index contributed by atoms with van der Waals surface area (Å²) < 4.78 is 0. The minimum absolute atomic E-state index is 0.0557. The van der Waals surface area contributed by atoms with Crippen LogP contribution in [0.15, 0.2) is 48.5 Å². The Labute approximate surface area is 148 Å². The fourth-order valence-corrected chi connectivity index (χ4v) is 2.99. The van der Waals surface area contributed by atoms with Crippen LogP contribution in [0, 0.1) is 0 Å². The van der Waals surface area contributed by atoms with Gasteiger partial charge in [-0.3, -0.25) is 9.59 Å². The molecule has 1 heterocycles. The molecule has 0 atom stereocenters. The Morgan fingerprint density at radius 1 is 1.08 bits per heavy atom. The second kappa shape index (κ2) is 7.83. The van der Waals surface area contributed by atoms with Gasteiger partial charge in [0.2, 0.25) is 5.91 Å². The summed E-state index contributed by atoms with van der Waals surface area (Å²) in [5.74, 6) is -0.145. The first-order valence-corrected chi connectivity index (χ1v) is 8.68. The molecule has 3 rings (SSSR count). The number of amides is 2. The molecule has 2 N–H and O–H groups in total. The van der Waals surface area contributed by atoms with Crippen molar-refractivity contribution in [2.24, 2.45) is 0 Å². The van der Waals surface area contributed by atoms with Gasteiger partial charge in [0.1, 0.15) is 0 Å². The van der Waals surface area contributed by atoms with Gasteiger partial charge in [-0.15, -0.1) is 0 Å². The van der Waals surface area contributed by atoms with Gasteiger partial charge in [0.25, 0.3) is 5.91 Å². The fraction of sp³-hybridized carbons (Fsp3) is 0.300. The lowest BCUT2D eigenvalue weighted by Crippen LogP contribution is -2.31. The molecule has 0 unspecified atom stereocenters. The van der Waals surface area contributed by atoms with Crippen LogP contribution in [0.3, 0.4) is 0 Å². The second-order valence-electron chi connectivity index (χ2n) is 6.18. The van der Waals surface area contributed by atoms with Crippen LogP contribution in [-0.2, 0) is 11.2 Å². The van der Waals surface area contributed by atoms with Crippen LogP contribution >= 0.6 is 0 Å². The number of fused-ring (bicyclic) bond motifs is 1. The Morgan fingerprint density at radius 3 is 2.60 bits per heavy atom. The Kier molecular flexibility index (Phi) is 5.33. The molecule has 2 aromatic rings. The van der Waals surface area contributed by atoms with E-state index in [1.807, 2.05) is 19.1 Å². The molecule has 2 aromatic carbocycles. The summed E-state index contributed by atoms with van der Waals surface area (Å²) in [7, 11) is 0. The number of hydrogen-bond donors (Lipinski definition) is 2. The largest absolute Gasteiger partial charge is 0.362 e. The van der Waals surface area contributed by atoms with Gasteiger partial charge in [0.05, 0.1) is 6.54 Å². The summed E-state index contributed by atoms with van der Waals surface area (Å²) in [4.78, 5) is 26.3. The van der Waals surface area contributed by atoms with E-state index in [1.54, 1.807) is 24.3 Å². The maximum atomic E-state index is 12.3. The van der Waals surface area contributed by atoms with Crippen LogP contribution in [0.4, 0.5) is 11.4 Å². The van der Waals surface area contributed by atoms with Crippen molar-refractivity contribution in [2.75, 3.05) is 29.9 Å². The molecular formula is C20H23N3O2. The van der Waals surface area contributed by atoms with Gasteiger partial charge in [-0.2, -0.15) is 0 Å². The molecule has 0 bridgehead atoms. The standard InChI is InChI=1S/C20H23N3O2/c1-2-12-21-20(25)16-7-9-17(10-8-16)22-19(24)14-23-13-11-15-5-3-4-6-18(15)23/h3-10H,2,11-14H2,1H3,(H,21,25)(H,22,24). The molecule has 5 nitrogen and oxygen atoms in total. The highest BCUT2D eigenvalue weighted by molar-refractivity contribution is 5.97. The van der Waals surface area contributed by atoms with Crippen LogP contribution in [-0.4, -0.2) is 31.4 Å². The molecule has 0 fully saturated rings. The quantitative estimate of drug-likeness (QED) is 0.852. The number of nitrogens with zero attached hydrogens (tertiary/aromatic N) is 1. The van der Waals surface area contributed by atoms with Crippen molar-refractivity contribution >= 4 is 23.2 Å². The van der Waals surface area contributed by atoms with E-state index < -0.39 is 0 Å². The molecule has 0 radical (unpaired) electrons. The Balaban J connectivity index is 1.56. The summed E-state index contributed by atoms with van der Waals surface area (Å²) in [6, 6.07) is 15.2. The molecule has 0 aliphatic carbocycles. The number of anilines is 2. The number of benzene rings is 2. The van der Waals surface area contributed by atoms with Crippen LogP contribution in [0.5, 0.6) is 0 Å². The first kappa shape index (κ1) is 17.0. The van der Waals surface area contributed by atoms with Gasteiger partial charge in [-0.1, -0.05) is 25.1 Å². The molecule has 1 aliphatic rings. The summed E-state index contributed by atoms with van der Waals surface area (Å²) in [6.07, 6.45) is 1.88. The summed E-state index contributed by atoms with van der Waals surface area (Å²) in [6.45, 7) is 3.87. The van der Waals surface area contributed by atoms with E-state index in [-0.39, 0.29) is 11.8 Å². The lowest BCUT2D eigenvalue weighted by molar-refractivity contribution is -0.115. The third-order valence-electron chi connectivity index (χ3n) is 4.28. The maximum Gasteiger partial charge on any atom is 0.251 e. The number of nitrogens with one attached hydrogen (secondary N) is 2. The van der Waals surface area contributed by atoms with Crippen LogP contribution in [0.25, 0.3) is 0 Å². The van der Waals surface area contributed by atoms with Crippen molar-refractivity contribution in [3.63, 3.8) is 0 Å². The maximum absolute atomic E-state index is 12.3. The lowest BCUT2D eigenvalue weighted by atomic mass is 10.2. The monoisotopic (exact) mass is 337 g/mol. The molecule has 25 heavy (non-hydrogen) atoms. The highest BCUT2D eigenvalue weighted by Crippen LogP contribution is 2.27. The third-order valence-corrected chi connectivity index (χ3v) is 4.28.